The fourth-order valence-electron chi connectivity index (χ4n) is 7.56. The summed E-state index contributed by atoms with van der Waals surface area (Å²) in [6.07, 6.45) is 4.29. The average Bonchev–Trinajstić information content (AvgIpc) is 4.14. The number of ether oxygens (including phenoxy) is 3. The van der Waals surface area contributed by atoms with Gasteiger partial charge in [0, 0.05) is 69.0 Å². The number of hydrogen-bond acceptors (Lipinski definition) is 15. The number of phenolic OH excluding ortho intramolecular Hbond substituents is 3. The van der Waals surface area contributed by atoms with Crippen molar-refractivity contribution >= 4 is 50.2 Å². The quantitative estimate of drug-likeness (QED) is 0.0608. The molecule has 0 fully saturated rings. The summed E-state index contributed by atoms with van der Waals surface area (Å²) in [7, 11) is 0. The molecule has 0 unspecified atom stereocenters. The van der Waals surface area contributed by atoms with Gasteiger partial charge in [-0.3, -0.25) is 0 Å². The van der Waals surface area contributed by atoms with Gasteiger partial charge in [-0.25, -0.2) is 29.9 Å². The van der Waals surface area contributed by atoms with Gasteiger partial charge in [0.1, 0.15) is 70.4 Å². The van der Waals surface area contributed by atoms with Crippen molar-refractivity contribution in [1.82, 2.24) is 44.9 Å². The Hall–Kier alpha value is -10.6. The van der Waals surface area contributed by atoms with Gasteiger partial charge in [-0.05, 0) is 91.0 Å². The molecule has 0 bridgehead atoms. The molecular formula is C54H42N12O6. The minimum absolute atomic E-state index is 0.132. The van der Waals surface area contributed by atoms with E-state index in [2.05, 4.69) is 44.9 Å². The summed E-state index contributed by atoms with van der Waals surface area (Å²) in [5, 5.41) is 30.9. The Labute approximate surface area is 409 Å². The molecule has 12 aromatic rings. The van der Waals surface area contributed by atoms with Crippen LogP contribution in [0.4, 0.5) is 17.1 Å². The topological polar surface area (TPSA) is 291 Å². The zero-order valence-corrected chi connectivity index (χ0v) is 37.8. The molecule has 12 N–H and O–H groups in total. The van der Waals surface area contributed by atoms with E-state index in [1.165, 1.54) is 37.2 Å². The van der Waals surface area contributed by atoms with Crippen LogP contribution < -0.4 is 31.4 Å². The number of aromatic nitrogens is 9. The van der Waals surface area contributed by atoms with Gasteiger partial charge in [0.05, 0.1) is 16.2 Å². The molecule has 12 rings (SSSR count). The van der Waals surface area contributed by atoms with Crippen molar-refractivity contribution in [3.05, 3.63) is 183 Å². The number of H-pyrrole nitrogens is 3. The molecule has 0 aliphatic rings. The van der Waals surface area contributed by atoms with Crippen molar-refractivity contribution in [2.75, 3.05) is 17.2 Å². The fourth-order valence-corrected chi connectivity index (χ4v) is 7.56. The van der Waals surface area contributed by atoms with E-state index in [1.807, 2.05) is 91.0 Å². The van der Waals surface area contributed by atoms with Gasteiger partial charge in [0.2, 0.25) is 17.6 Å². The first-order chi connectivity index (χ1) is 35.1. The zero-order valence-electron chi connectivity index (χ0n) is 37.8. The van der Waals surface area contributed by atoms with Crippen LogP contribution in [-0.4, -0.2) is 60.2 Å². The second kappa shape index (κ2) is 19.9. The Balaban J connectivity index is 0.000000124. The van der Waals surface area contributed by atoms with Gasteiger partial charge in [0.25, 0.3) is 0 Å². The minimum atomic E-state index is 0.132. The van der Waals surface area contributed by atoms with Gasteiger partial charge in [0.15, 0.2) is 0 Å². The summed E-state index contributed by atoms with van der Waals surface area (Å²) in [4.78, 5) is 35.0. The zero-order chi connectivity index (χ0) is 49.6. The van der Waals surface area contributed by atoms with Crippen molar-refractivity contribution in [3.63, 3.8) is 0 Å². The third-order valence-electron chi connectivity index (χ3n) is 10.9. The maximum atomic E-state index is 9.55. The largest absolute Gasteiger partial charge is 0.508 e. The van der Waals surface area contributed by atoms with Crippen LogP contribution >= 0.6 is 0 Å². The Kier molecular flexibility index (Phi) is 12.5. The summed E-state index contributed by atoms with van der Waals surface area (Å²) < 4.78 is 17.4. The van der Waals surface area contributed by atoms with Crippen LogP contribution in [0.15, 0.2) is 183 Å². The third kappa shape index (κ3) is 10.4. The number of fused-ring (bicyclic) bond motifs is 3. The highest BCUT2D eigenvalue weighted by atomic mass is 16.5. The number of nitrogens with two attached hydrogens (primary N) is 3. The van der Waals surface area contributed by atoms with E-state index in [0.717, 1.165) is 49.9 Å². The van der Waals surface area contributed by atoms with Crippen LogP contribution in [-0.2, 0) is 0 Å². The number of hydrogen-bond donors (Lipinski definition) is 9. The Bertz CT molecular complexity index is 3480. The number of aromatic hydroxyl groups is 3. The van der Waals surface area contributed by atoms with Crippen molar-refractivity contribution in [1.29, 1.82) is 0 Å². The molecule has 6 aromatic heterocycles. The van der Waals surface area contributed by atoms with E-state index in [9.17, 15) is 15.3 Å². The molecule has 354 valence electrons. The molecule has 0 aliphatic carbocycles. The molecule has 18 heteroatoms. The first-order valence-corrected chi connectivity index (χ1v) is 22.1. The first kappa shape index (κ1) is 45.2. The number of nitrogens with one attached hydrogen (secondary N) is 3. The molecule has 6 aromatic carbocycles. The third-order valence-corrected chi connectivity index (χ3v) is 10.9. The maximum absolute atomic E-state index is 9.55. The number of rotatable bonds is 9. The molecule has 18 nitrogen and oxygen atoms in total. The second-order valence-corrected chi connectivity index (χ2v) is 16.0. The van der Waals surface area contributed by atoms with Crippen molar-refractivity contribution in [2.45, 2.75) is 0 Å². The Morgan fingerprint density at radius 1 is 0.333 bits per heavy atom. The van der Waals surface area contributed by atoms with Crippen LogP contribution in [0.25, 0.3) is 66.9 Å². The fraction of sp³-hybridized carbons (Fsp3) is 0. The molecule has 0 aliphatic heterocycles. The smallest absolute Gasteiger partial charge is 0.231 e. The lowest BCUT2D eigenvalue weighted by Gasteiger charge is -2.05. The van der Waals surface area contributed by atoms with Crippen molar-refractivity contribution < 1.29 is 29.5 Å². The first-order valence-electron chi connectivity index (χ1n) is 22.1. The highest BCUT2D eigenvalue weighted by Crippen LogP contribution is 2.35. The Morgan fingerprint density at radius 2 is 0.625 bits per heavy atom. The van der Waals surface area contributed by atoms with Crippen LogP contribution in [0.1, 0.15) is 0 Å². The summed E-state index contributed by atoms with van der Waals surface area (Å²) in [6.45, 7) is 0. The highest BCUT2D eigenvalue weighted by Gasteiger charge is 2.15. The van der Waals surface area contributed by atoms with Gasteiger partial charge < -0.3 is 61.7 Å². The van der Waals surface area contributed by atoms with Crippen LogP contribution in [0.3, 0.4) is 0 Å². The number of nitrogen functional groups attached to an aromatic ring is 3. The Morgan fingerprint density at radius 3 is 0.903 bits per heavy atom. The van der Waals surface area contributed by atoms with Crippen LogP contribution in [0.5, 0.6) is 52.1 Å². The lowest BCUT2D eigenvalue weighted by Crippen LogP contribution is -1.89. The van der Waals surface area contributed by atoms with Crippen LogP contribution in [0.2, 0.25) is 0 Å². The molecule has 0 amide bonds. The molecule has 0 spiro atoms. The molecule has 0 radical (unpaired) electrons. The number of anilines is 3. The SMILES string of the molecule is Nc1cccc(-c2cc3c(Oc4cccc(O)c4)ncnc3[nH]2)c1.Nc1cccc(-c2cc3c(Oc4cccc(O)c4)ncnc3[nH]2)c1.Nc1cccc(-c2cc3c(Oc4cccc(O)c4)ncnc3[nH]2)c1. The number of nitrogens with zero attached hydrogens (tertiary/aromatic N) is 6. The summed E-state index contributed by atoms with van der Waals surface area (Å²) in [5.41, 5.74) is 27.1. The van der Waals surface area contributed by atoms with Crippen molar-refractivity contribution in [3.8, 4) is 85.9 Å². The number of phenols is 3. The van der Waals surface area contributed by atoms with E-state index >= 15 is 0 Å². The number of benzene rings is 6. The predicted octanol–water partition coefficient (Wildman–Crippen LogP) is 11.1. The van der Waals surface area contributed by atoms with E-state index in [1.54, 1.807) is 54.6 Å². The molecule has 0 saturated carbocycles. The lowest BCUT2D eigenvalue weighted by molar-refractivity contribution is 0.447. The van der Waals surface area contributed by atoms with Gasteiger partial charge in [-0.15, -0.1) is 0 Å². The van der Waals surface area contributed by atoms with E-state index in [0.29, 0.717) is 68.9 Å². The molecular weight excluding hydrogens is 913 g/mol. The van der Waals surface area contributed by atoms with E-state index in [-0.39, 0.29) is 17.2 Å². The summed E-state index contributed by atoms with van der Waals surface area (Å²) >= 11 is 0. The maximum Gasteiger partial charge on any atom is 0.231 e. The number of aromatic amines is 3. The van der Waals surface area contributed by atoms with Gasteiger partial charge in [-0.1, -0.05) is 54.6 Å². The van der Waals surface area contributed by atoms with Crippen LogP contribution in [0, 0.1) is 0 Å². The summed E-state index contributed by atoms with van der Waals surface area (Å²) in [5.74, 6) is 3.14. The molecule has 72 heavy (non-hydrogen) atoms. The van der Waals surface area contributed by atoms with Gasteiger partial charge >= 0.3 is 0 Å². The monoisotopic (exact) mass is 954 g/mol. The molecule has 6 heterocycles. The molecule has 0 atom stereocenters. The van der Waals surface area contributed by atoms with Crippen molar-refractivity contribution in [2.24, 2.45) is 0 Å². The second-order valence-electron chi connectivity index (χ2n) is 16.0. The van der Waals surface area contributed by atoms with E-state index in [4.69, 9.17) is 31.4 Å². The average molecular weight is 955 g/mol. The van der Waals surface area contributed by atoms with Gasteiger partial charge in [-0.2, -0.15) is 0 Å². The lowest BCUT2D eigenvalue weighted by atomic mass is 10.1. The van der Waals surface area contributed by atoms with E-state index < -0.39 is 0 Å². The summed E-state index contributed by atoms with van der Waals surface area (Å²) in [6, 6.07) is 48.2. The highest BCUT2D eigenvalue weighted by molar-refractivity contribution is 5.89. The standard InChI is InChI=1S/3C18H14N4O2/c3*19-12-4-1-3-11(7-12)16-9-15-17(22-16)20-10-21-18(15)24-14-6-2-5-13(23)8-14/h3*1-10,23H,19H2,(H,20,21,22). The molecule has 0 saturated heterocycles. The predicted molar refractivity (Wildman–Crippen MR) is 276 cm³/mol. The minimum Gasteiger partial charge on any atom is -0.508 e. The normalized spacial score (nSPS) is 10.8.